The Balaban J connectivity index is 0.604. The van der Waals surface area contributed by atoms with Crippen molar-refractivity contribution >= 4 is 117 Å². The minimum absolute atomic E-state index is 0.00316. The van der Waals surface area contributed by atoms with Crippen molar-refractivity contribution < 1.29 is 95.9 Å². The zero-order valence-electron chi connectivity index (χ0n) is 67.9. The molecule has 0 atom stereocenters. The predicted molar refractivity (Wildman–Crippen MR) is 434 cm³/mol. The van der Waals surface area contributed by atoms with Crippen molar-refractivity contribution in [1.82, 2.24) is 78.5 Å². The number of imidazole rings is 4. The Bertz CT molecular complexity index is 4830. The van der Waals surface area contributed by atoms with Crippen LogP contribution in [0.2, 0.25) is 0 Å². The summed E-state index contributed by atoms with van der Waals surface area (Å²) in [5.74, 6) is -5.61. The van der Waals surface area contributed by atoms with Gasteiger partial charge in [0.05, 0.1) is 83.1 Å². The minimum Gasteiger partial charge on any atom is -0.491 e. The van der Waals surface area contributed by atoms with E-state index in [0.717, 1.165) is 12.8 Å². The molecule has 0 radical (unpaired) electrons. The molecule has 0 fully saturated rings. The maximum atomic E-state index is 13.4. The fraction of sp³-hybridized carbons (Fsp3) is 0.442. The van der Waals surface area contributed by atoms with E-state index in [9.17, 15) is 62.3 Å². The first-order chi connectivity index (χ1) is 57.7. The van der Waals surface area contributed by atoms with Crippen LogP contribution in [0.4, 0.5) is 40.2 Å². The molecule has 12 amide bonds. The van der Waals surface area contributed by atoms with Gasteiger partial charge >= 0.3 is 5.97 Å². The lowest BCUT2D eigenvalue weighted by Crippen LogP contribution is -2.33. The van der Waals surface area contributed by atoms with Gasteiger partial charge in [-0.15, -0.1) is 0 Å². The van der Waals surface area contributed by atoms with Gasteiger partial charge in [-0.1, -0.05) is 12.8 Å². The van der Waals surface area contributed by atoms with Gasteiger partial charge in [0.15, 0.2) is 23.3 Å². The Hall–Kier alpha value is -13.4. The van der Waals surface area contributed by atoms with Gasteiger partial charge in [0, 0.05) is 176 Å². The van der Waals surface area contributed by atoms with E-state index in [-0.39, 0.29) is 159 Å². The molecule has 0 aliphatic heterocycles. The molecule has 7 heterocycles. The van der Waals surface area contributed by atoms with Gasteiger partial charge in [0.1, 0.15) is 29.4 Å². The number of rotatable bonds is 53. The van der Waals surface area contributed by atoms with Gasteiger partial charge in [-0.3, -0.25) is 62.3 Å². The standard InChI is InChI=1S/C77H103N23O20/c1-94-29-27-79-67(94)76(113)86-52-42-56(96(3)45-52)72(109)81-25-22-65(105)89-59-48-100(7)70(91-59)77(114)87-53-43-55(95(2)46-53)71(108)80-23-12-14-63(103)88-58-47-98(5)68(90-58)74(111)83-26-21-64(104)85-51-41-57(97(4)44-51)73(110)93-60-49-99(6)69(92-60)75(112)82-24-20-61(101)78-28-30-115-31-32-116-33-34-117-35-36-118-37-38-119-39-40-120-54-18-16-50(17-19-54)84-62(102)13-10-8-9-11-15-66(106)107/h16-19,27,29,41-49H,8-15,20-26,28,30-40H2,1-7H3,(H,78,101)(H,80,108)(H,81,109)(H,82,112)(H,83,111)(H,84,102)(H,85,104)(H,86,113)(H,87,114)(H,88,103)(H,89,105)(H,93,110)(H,106,107). The van der Waals surface area contributed by atoms with Crippen LogP contribution in [0, 0.1) is 0 Å². The minimum atomic E-state index is -0.805. The van der Waals surface area contributed by atoms with E-state index in [1.807, 2.05) is 0 Å². The van der Waals surface area contributed by atoms with Gasteiger partial charge < -0.3 is 129 Å². The van der Waals surface area contributed by atoms with Crippen LogP contribution in [-0.4, -0.2) is 239 Å². The van der Waals surface area contributed by atoms with Crippen LogP contribution in [0.5, 0.6) is 5.75 Å². The first-order valence-electron chi connectivity index (χ1n) is 38.6. The summed E-state index contributed by atoms with van der Waals surface area (Å²) in [5.41, 5.74) is 2.16. The SMILES string of the molecule is Cn1cc(NC(=O)c2nc(NC(=O)CCNC(=O)c3cc(NC(=O)c4nccn4C)cn3C)cn2C)cc1C(=O)NCCCC(=O)Nc1cn(C)c(C(=O)NCCC(=O)Nc2cc(C(=O)Nc3cn(C)c(C(=O)NCCC(=O)NCCOCCOCCOCCOCCOCCOc4ccc(NC(=O)CCCCCCC(=O)O)cc4)n3)n(C)c2)n1. The number of unbranched alkanes of at least 4 members (excludes halogenated alkanes) is 3. The van der Waals surface area contributed by atoms with Crippen molar-refractivity contribution in [3.05, 3.63) is 132 Å². The molecule has 0 unspecified atom stereocenters. The van der Waals surface area contributed by atoms with Gasteiger partial charge in [-0.2, -0.15) is 0 Å². The number of anilines is 7. The third kappa shape index (κ3) is 30.9. The Morgan fingerprint density at radius 1 is 0.317 bits per heavy atom. The van der Waals surface area contributed by atoms with Crippen LogP contribution < -0.4 is 68.5 Å². The zero-order valence-corrected chi connectivity index (χ0v) is 67.9. The number of aromatic nitrogens is 11. The number of aryl methyl sites for hydroxylation is 7. The second kappa shape index (κ2) is 47.7. The molecule has 0 saturated heterocycles. The van der Waals surface area contributed by atoms with Crippen molar-refractivity contribution in [2.24, 2.45) is 49.3 Å². The number of benzene rings is 1. The van der Waals surface area contributed by atoms with Crippen molar-refractivity contribution in [2.45, 2.75) is 70.6 Å². The van der Waals surface area contributed by atoms with E-state index in [1.165, 1.54) is 82.8 Å². The Kier molecular flexibility index (Phi) is 36.6. The average molecular weight is 1670 g/mol. The molecule has 8 aromatic rings. The smallest absolute Gasteiger partial charge is 0.303 e. The summed E-state index contributed by atoms with van der Waals surface area (Å²) in [4.78, 5) is 182. The molecule has 0 aliphatic carbocycles. The lowest BCUT2D eigenvalue weighted by atomic mass is 10.1. The third-order valence-electron chi connectivity index (χ3n) is 17.6. The number of nitrogens with one attached hydrogen (secondary N) is 12. The maximum absolute atomic E-state index is 13.4. The first-order valence-corrected chi connectivity index (χ1v) is 38.6. The van der Waals surface area contributed by atoms with Crippen LogP contribution in [0.3, 0.4) is 0 Å². The van der Waals surface area contributed by atoms with Crippen LogP contribution >= 0.6 is 0 Å². The largest absolute Gasteiger partial charge is 0.491 e. The quantitative estimate of drug-likeness (QED) is 0.0244. The molecule has 43 heteroatoms. The van der Waals surface area contributed by atoms with Crippen LogP contribution in [0.25, 0.3) is 0 Å². The van der Waals surface area contributed by atoms with Crippen molar-refractivity contribution in [3.63, 3.8) is 0 Å². The summed E-state index contributed by atoms with van der Waals surface area (Å²) in [7, 11) is 11.2. The topological polar surface area (TPSA) is 528 Å². The predicted octanol–water partition coefficient (Wildman–Crippen LogP) is 2.82. The number of hydrogen-bond donors (Lipinski definition) is 13. The van der Waals surface area contributed by atoms with Crippen LogP contribution in [0.15, 0.2) is 92.0 Å². The van der Waals surface area contributed by atoms with E-state index in [1.54, 1.807) is 90.6 Å². The second-order valence-corrected chi connectivity index (χ2v) is 27.2. The molecular weight excluding hydrogens is 1570 g/mol. The molecule has 7 aromatic heterocycles. The second-order valence-electron chi connectivity index (χ2n) is 27.2. The number of carboxylic acids is 1. The normalized spacial score (nSPS) is 11.0. The molecule has 0 aliphatic rings. The van der Waals surface area contributed by atoms with E-state index in [0.29, 0.717) is 102 Å². The van der Waals surface area contributed by atoms with Crippen molar-refractivity contribution in [1.29, 1.82) is 0 Å². The fourth-order valence-corrected chi connectivity index (χ4v) is 11.5. The Morgan fingerprint density at radius 3 is 1.19 bits per heavy atom. The van der Waals surface area contributed by atoms with Gasteiger partial charge in [-0.05, 0) is 61.7 Å². The number of aliphatic carboxylic acids is 1. The highest BCUT2D eigenvalue weighted by Crippen LogP contribution is 2.21. The molecule has 646 valence electrons. The van der Waals surface area contributed by atoms with Gasteiger partial charge in [0.2, 0.25) is 47.0 Å². The number of nitrogens with zero attached hydrogens (tertiary/aromatic N) is 11. The van der Waals surface area contributed by atoms with Crippen molar-refractivity contribution in [3.8, 4) is 5.75 Å². The van der Waals surface area contributed by atoms with E-state index < -0.39 is 65.0 Å². The fourth-order valence-electron chi connectivity index (χ4n) is 11.5. The van der Waals surface area contributed by atoms with Gasteiger partial charge in [0.25, 0.3) is 41.4 Å². The monoisotopic (exact) mass is 1670 g/mol. The highest BCUT2D eigenvalue weighted by atomic mass is 16.6. The third-order valence-corrected chi connectivity index (χ3v) is 17.6. The molecule has 43 nitrogen and oxygen atoms in total. The molecule has 1 aromatic carbocycles. The number of ether oxygens (including phenoxy) is 6. The average Bonchev–Trinajstić information content (AvgIpc) is 1.69. The number of hydrogen-bond acceptors (Lipinski definition) is 23. The summed E-state index contributed by atoms with van der Waals surface area (Å²) < 4.78 is 43.6. The van der Waals surface area contributed by atoms with Crippen LogP contribution in [-0.2, 0) is 102 Å². The van der Waals surface area contributed by atoms with E-state index >= 15 is 0 Å². The molecule has 13 N–H and O–H groups in total. The maximum Gasteiger partial charge on any atom is 0.303 e. The molecule has 0 spiro atoms. The highest BCUT2D eigenvalue weighted by Gasteiger charge is 2.24. The summed E-state index contributed by atoms with van der Waals surface area (Å²) in [6.07, 6.45) is 15.3. The van der Waals surface area contributed by atoms with Crippen molar-refractivity contribution in [2.75, 3.05) is 143 Å². The molecule has 8 rings (SSSR count). The summed E-state index contributed by atoms with van der Waals surface area (Å²) in [6, 6.07) is 11.4. The van der Waals surface area contributed by atoms with Gasteiger partial charge in [-0.25, -0.2) is 19.9 Å². The number of carbonyl (C=O) groups excluding carboxylic acids is 12. The molecular formula is C77H103N23O20. The zero-order chi connectivity index (χ0) is 86.5. The summed E-state index contributed by atoms with van der Waals surface area (Å²) >= 11 is 0. The van der Waals surface area contributed by atoms with E-state index in [2.05, 4.69) is 83.7 Å². The first kappa shape index (κ1) is 92.1. The Labute approximate surface area is 689 Å². The lowest BCUT2D eigenvalue weighted by Gasteiger charge is -2.10. The lowest BCUT2D eigenvalue weighted by molar-refractivity contribution is -0.137. The molecule has 0 bridgehead atoms. The number of amides is 12. The number of carboxylic acid groups (broad SMARTS) is 1. The molecule has 120 heavy (non-hydrogen) atoms. The highest BCUT2D eigenvalue weighted by molar-refractivity contribution is 6.06. The van der Waals surface area contributed by atoms with Crippen LogP contribution in [0.1, 0.15) is 145 Å². The summed E-state index contributed by atoms with van der Waals surface area (Å²) in [5, 5.41) is 40.9. The number of carbonyl (C=O) groups is 13. The molecule has 0 saturated carbocycles. The van der Waals surface area contributed by atoms with E-state index in [4.69, 9.17) is 33.5 Å². The Morgan fingerprint density at radius 2 is 0.700 bits per heavy atom. The summed E-state index contributed by atoms with van der Waals surface area (Å²) in [6.45, 7) is 4.07.